The number of alkyl halides is 6. The van der Waals surface area contributed by atoms with Crippen LogP contribution < -0.4 is 4.74 Å². The maximum Gasteiger partial charge on any atom is 0.490 e. The third-order valence-electron chi connectivity index (χ3n) is 4.29. The van der Waals surface area contributed by atoms with E-state index in [4.69, 9.17) is 24.5 Å². The number of H-pyrrole nitrogens is 1. The highest BCUT2D eigenvalue weighted by Crippen LogP contribution is 2.19. The van der Waals surface area contributed by atoms with E-state index in [0.29, 0.717) is 6.10 Å². The standard InChI is InChI=1S/C15H20N4O.2C2HF3O2/c1-12-13(9-17-18-12)11-19-7-4-14(5-8-19)20-15-3-2-6-16-10-15;2*3-2(4,5)1(6)7/h2-3,6,9-10,14H,4-5,7-8,11H2,1H3,(H,17,18);2*(H,6,7). The molecule has 3 N–H and O–H groups in total. The molecule has 3 heterocycles. The fourth-order valence-corrected chi connectivity index (χ4v) is 2.57. The Hall–Kier alpha value is -3.36. The van der Waals surface area contributed by atoms with Gasteiger partial charge in [-0.3, -0.25) is 15.0 Å². The Balaban J connectivity index is 0.000000343. The molecular formula is C19H22F6N4O5. The molecular weight excluding hydrogens is 478 g/mol. The Bertz CT molecular complexity index is 873. The first-order valence-electron chi connectivity index (χ1n) is 9.58. The van der Waals surface area contributed by atoms with Gasteiger partial charge in [0.25, 0.3) is 0 Å². The van der Waals surface area contributed by atoms with Crippen molar-refractivity contribution in [3.8, 4) is 5.75 Å². The van der Waals surface area contributed by atoms with Crippen molar-refractivity contribution in [2.45, 2.75) is 44.8 Å². The number of rotatable bonds is 4. The number of piperidine rings is 1. The van der Waals surface area contributed by atoms with Gasteiger partial charge in [-0.15, -0.1) is 0 Å². The average molecular weight is 500 g/mol. The first kappa shape index (κ1) is 28.7. The molecule has 0 bridgehead atoms. The molecule has 2 aromatic rings. The van der Waals surface area contributed by atoms with E-state index in [1.54, 1.807) is 12.4 Å². The zero-order chi connectivity index (χ0) is 25.9. The van der Waals surface area contributed by atoms with Gasteiger partial charge in [-0.2, -0.15) is 31.4 Å². The predicted octanol–water partition coefficient (Wildman–Crippen LogP) is 3.42. The largest absolute Gasteiger partial charge is 0.490 e. The number of carboxylic acids is 2. The molecule has 3 rings (SSSR count). The molecule has 0 radical (unpaired) electrons. The summed E-state index contributed by atoms with van der Waals surface area (Å²) in [6.07, 6.45) is -2.27. The Labute approximate surface area is 189 Å². The van der Waals surface area contributed by atoms with Gasteiger partial charge in [-0.05, 0) is 31.9 Å². The summed E-state index contributed by atoms with van der Waals surface area (Å²) in [6, 6.07) is 3.88. The van der Waals surface area contributed by atoms with E-state index < -0.39 is 24.3 Å². The van der Waals surface area contributed by atoms with Crippen molar-refractivity contribution in [1.82, 2.24) is 20.1 Å². The number of carbonyl (C=O) groups is 2. The lowest BCUT2D eigenvalue weighted by Crippen LogP contribution is -2.37. The number of likely N-dealkylation sites (tertiary alicyclic amines) is 1. The van der Waals surface area contributed by atoms with Crippen LogP contribution in [0.4, 0.5) is 26.3 Å². The number of ether oxygens (including phenoxy) is 1. The summed E-state index contributed by atoms with van der Waals surface area (Å²) in [4.78, 5) is 24.3. The molecule has 1 fully saturated rings. The van der Waals surface area contributed by atoms with Crippen LogP contribution in [0.5, 0.6) is 5.75 Å². The Kier molecular flexibility index (Phi) is 10.8. The second-order valence-corrected chi connectivity index (χ2v) is 6.91. The third kappa shape index (κ3) is 11.0. The number of aliphatic carboxylic acids is 2. The summed E-state index contributed by atoms with van der Waals surface area (Å²) >= 11 is 0. The normalized spacial score (nSPS) is 14.8. The van der Waals surface area contributed by atoms with E-state index >= 15 is 0 Å². The first-order valence-corrected chi connectivity index (χ1v) is 9.58. The van der Waals surface area contributed by atoms with Gasteiger partial charge in [0, 0.05) is 37.1 Å². The summed E-state index contributed by atoms with van der Waals surface area (Å²) in [5.41, 5.74) is 2.45. The van der Waals surface area contributed by atoms with Crippen molar-refractivity contribution in [2.75, 3.05) is 13.1 Å². The van der Waals surface area contributed by atoms with Gasteiger partial charge in [-0.1, -0.05) is 0 Å². The van der Waals surface area contributed by atoms with Gasteiger partial charge < -0.3 is 14.9 Å². The van der Waals surface area contributed by atoms with Crippen LogP contribution in [0.25, 0.3) is 0 Å². The molecule has 0 amide bonds. The number of aromatic nitrogens is 3. The SMILES string of the molecule is Cc1[nH]ncc1CN1CCC(Oc2cccnc2)CC1.O=C(O)C(F)(F)F.O=C(O)C(F)(F)F. The van der Waals surface area contributed by atoms with Gasteiger partial charge in [0.2, 0.25) is 0 Å². The van der Waals surface area contributed by atoms with E-state index in [-0.39, 0.29) is 0 Å². The fraction of sp³-hybridized carbons (Fsp3) is 0.474. The van der Waals surface area contributed by atoms with Crippen LogP contribution >= 0.6 is 0 Å². The molecule has 0 aliphatic carbocycles. The van der Waals surface area contributed by atoms with Crippen LogP contribution in [0.15, 0.2) is 30.7 Å². The van der Waals surface area contributed by atoms with Crippen molar-refractivity contribution in [1.29, 1.82) is 0 Å². The lowest BCUT2D eigenvalue weighted by Gasteiger charge is -2.31. The van der Waals surface area contributed by atoms with Gasteiger partial charge >= 0.3 is 24.3 Å². The molecule has 0 unspecified atom stereocenters. The highest BCUT2D eigenvalue weighted by atomic mass is 19.4. The summed E-state index contributed by atoms with van der Waals surface area (Å²) in [5, 5.41) is 21.3. The maximum atomic E-state index is 10.6. The average Bonchev–Trinajstić information content (AvgIpc) is 3.14. The maximum absolute atomic E-state index is 10.6. The number of aryl methyl sites for hydroxylation is 1. The first-order chi connectivity index (χ1) is 15.7. The molecule has 15 heteroatoms. The van der Waals surface area contributed by atoms with Crippen molar-refractivity contribution < 1.29 is 50.9 Å². The minimum Gasteiger partial charge on any atom is -0.489 e. The van der Waals surface area contributed by atoms with Crippen LogP contribution in [-0.2, 0) is 16.1 Å². The number of pyridine rings is 1. The van der Waals surface area contributed by atoms with Crippen LogP contribution in [0.2, 0.25) is 0 Å². The number of nitrogens with zero attached hydrogens (tertiary/aromatic N) is 3. The zero-order valence-electron chi connectivity index (χ0n) is 17.7. The number of nitrogens with one attached hydrogen (secondary N) is 1. The summed E-state index contributed by atoms with van der Waals surface area (Å²) in [6.45, 7) is 5.17. The van der Waals surface area contributed by atoms with E-state index in [9.17, 15) is 26.3 Å². The van der Waals surface area contributed by atoms with Crippen molar-refractivity contribution >= 4 is 11.9 Å². The monoisotopic (exact) mass is 500 g/mol. The Morgan fingerprint density at radius 1 is 1.09 bits per heavy atom. The van der Waals surface area contributed by atoms with Crippen LogP contribution in [0.1, 0.15) is 24.1 Å². The smallest absolute Gasteiger partial charge is 0.489 e. The molecule has 0 saturated carbocycles. The number of halogens is 6. The quantitative estimate of drug-likeness (QED) is 0.545. The fourth-order valence-electron chi connectivity index (χ4n) is 2.57. The van der Waals surface area contributed by atoms with E-state index in [1.807, 2.05) is 18.3 Å². The highest BCUT2D eigenvalue weighted by Gasteiger charge is 2.38. The summed E-state index contributed by atoms with van der Waals surface area (Å²) in [5.74, 6) is -4.64. The summed E-state index contributed by atoms with van der Waals surface area (Å²) in [7, 11) is 0. The predicted molar refractivity (Wildman–Crippen MR) is 104 cm³/mol. The molecule has 0 atom stereocenters. The summed E-state index contributed by atoms with van der Waals surface area (Å²) < 4.78 is 69.4. The van der Waals surface area contributed by atoms with Crippen molar-refractivity contribution in [2.24, 2.45) is 0 Å². The van der Waals surface area contributed by atoms with Crippen molar-refractivity contribution in [3.63, 3.8) is 0 Å². The molecule has 1 saturated heterocycles. The van der Waals surface area contributed by atoms with Crippen LogP contribution in [0.3, 0.4) is 0 Å². The molecule has 9 nitrogen and oxygen atoms in total. The van der Waals surface area contributed by atoms with Crippen molar-refractivity contribution in [3.05, 3.63) is 42.0 Å². The molecule has 0 aromatic carbocycles. The number of hydrogen-bond acceptors (Lipinski definition) is 6. The van der Waals surface area contributed by atoms with Crippen LogP contribution in [0, 0.1) is 6.92 Å². The van der Waals surface area contributed by atoms with Gasteiger partial charge in [-0.25, -0.2) is 9.59 Å². The Morgan fingerprint density at radius 3 is 2.00 bits per heavy atom. The minimum absolute atomic E-state index is 0.306. The van der Waals surface area contributed by atoms with Gasteiger partial charge in [0.1, 0.15) is 11.9 Å². The van der Waals surface area contributed by atoms with E-state index in [2.05, 4.69) is 27.0 Å². The molecule has 1 aliphatic heterocycles. The second-order valence-electron chi connectivity index (χ2n) is 6.91. The Morgan fingerprint density at radius 2 is 1.62 bits per heavy atom. The zero-order valence-corrected chi connectivity index (χ0v) is 17.7. The van der Waals surface area contributed by atoms with Gasteiger partial charge in [0.15, 0.2) is 0 Å². The lowest BCUT2D eigenvalue weighted by molar-refractivity contribution is -0.193. The van der Waals surface area contributed by atoms with Crippen LogP contribution in [-0.4, -0.2) is 73.8 Å². The number of aromatic amines is 1. The molecule has 190 valence electrons. The van der Waals surface area contributed by atoms with E-state index in [1.165, 1.54) is 11.3 Å². The third-order valence-corrected chi connectivity index (χ3v) is 4.29. The molecule has 2 aromatic heterocycles. The number of carboxylic acid groups (broad SMARTS) is 2. The topological polar surface area (TPSA) is 129 Å². The minimum atomic E-state index is -5.08. The van der Waals surface area contributed by atoms with Gasteiger partial charge in [0.05, 0.1) is 12.4 Å². The molecule has 0 spiro atoms. The highest BCUT2D eigenvalue weighted by molar-refractivity contribution is 5.73. The second kappa shape index (κ2) is 12.8. The number of hydrogen-bond donors (Lipinski definition) is 3. The lowest BCUT2D eigenvalue weighted by atomic mass is 10.1. The molecule has 1 aliphatic rings. The molecule has 34 heavy (non-hydrogen) atoms. The van der Waals surface area contributed by atoms with E-state index in [0.717, 1.165) is 38.2 Å².